The largest absolute Gasteiger partial charge is 0.497 e. The number of hydrogen-bond donors (Lipinski definition) is 1. The van der Waals surface area contributed by atoms with Gasteiger partial charge in [-0.15, -0.1) is 11.8 Å². The Hall–Kier alpha value is -2.99. The van der Waals surface area contributed by atoms with E-state index in [1.54, 1.807) is 14.0 Å². The smallest absolute Gasteiger partial charge is 0.317 e. The van der Waals surface area contributed by atoms with Crippen molar-refractivity contribution < 1.29 is 19.1 Å². The molecule has 0 fully saturated rings. The van der Waals surface area contributed by atoms with Gasteiger partial charge in [0, 0.05) is 10.6 Å². The first-order valence-corrected chi connectivity index (χ1v) is 9.80. The Bertz CT molecular complexity index is 972. The van der Waals surface area contributed by atoms with Crippen LogP contribution in [0.1, 0.15) is 6.92 Å². The van der Waals surface area contributed by atoms with Crippen molar-refractivity contribution in [3.8, 4) is 5.75 Å². The summed E-state index contributed by atoms with van der Waals surface area (Å²) in [7, 11) is 1.60. The van der Waals surface area contributed by atoms with Crippen LogP contribution in [0.3, 0.4) is 0 Å². The van der Waals surface area contributed by atoms with E-state index in [1.165, 1.54) is 11.8 Å². The van der Waals surface area contributed by atoms with Gasteiger partial charge in [-0.1, -0.05) is 30.3 Å². The third kappa shape index (κ3) is 5.27. The summed E-state index contributed by atoms with van der Waals surface area (Å²) in [6.07, 6.45) is -0.879. The Labute approximate surface area is 168 Å². The number of nitrogens with one attached hydrogen (secondary N) is 1. The molecule has 144 valence electrons. The second-order valence-corrected chi connectivity index (χ2v) is 7.20. The molecule has 0 unspecified atom stereocenters. The van der Waals surface area contributed by atoms with Gasteiger partial charge in [0.2, 0.25) is 0 Å². The maximum Gasteiger partial charge on any atom is 0.317 e. The monoisotopic (exact) mass is 395 g/mol. The molecule has 0 saturated heterocycles. The Morgan fingerprint density at radius 1 is 1.00 bits per heavy atom. The first-order chi connectivity index (χ1) is 13.5. The maximum atomic E-state index is 12.3. The molecule has 0 spiro atoms. The number of thioether (sulfide) groups is 1. The van der Waals surface area contributed by atoms with Crippen LogP contribution in [-0.4, -0.2) is 30.8 Å². The molecule has 1 N–H and O–H groups in total. The molecular formula is C22H21NO4S. The first-order valence-electron chi connectivity index (χ1n) is 8.81. The van der Waals surface area contributed by atoms with E-state index < -0.39 is 12.1 Å². The summed E-state index contributed by atoms with van der Waals surface area (Å²) >= 11 is 1.35. The molecule has 1 amide bonds. The van der Waals surface area contributed by atoms with E-state index in [1.807, 2.05) is 66.7 Å². The molecule has 3 rings (SSSR count). The first kappa shape index (κ1) is 19.8. The number of amides is 1. The van der Waals surface area contributed by atoms with E-state index in [0.29, 0.717) is 5.69 Å². The summed E-state index contributed by atoms with van der Waals surface area (Å²) in [5.74, 6) is 0.0749. The Balaban J connectivity index is 1.50. The summed E-state index contributed by atoms with van der Waals surface area (Å²) in [5, 5.41) is 4.91. The van der Waals surface area contributed by atoms with Crippen molar-refractivity contribution in [2.75, 3.05) is 18.2 Å². The molecule has 3 aromatic rings. The predicted octanol–water partition coefficient (Wildman–Crippen LogP) is 4.51. The fourth-order valence-electron chi connectivity index (χ4n) is 2.61. The van der Waals surface area contributed by atoms with Crippen molar-refractivity contribution in [2.45, 2.75) is 17.9 Å². The van der Waals surface area contributed by atoms with Crippen molar-refractivity contribution in [3.63, 3.8) is 0 Å². The van der Waals surface area contributed by atoms with E-state index in [9.17, 15) is 9.59 Å². The highest BCUT2D eigenvalue weighted by atomic mass is 32.2. The predicted molar refractivity (Wildman–Crippen MR) is 112 cm³/mol. The van der Waals surface area contributed by atoms with Gasteiger partial charge in [0.1, 0.15) is 5.75 Å². The zero-order valence-corrected chi connectivity index (χ0v) is 16.5. The summed E-state index contributed by atoms with van der Waals surface area (Å²) in [4.78, 5) is 25.3. The summed E-state index contributed by atoms with van der Waals surface area (Å²) in [6, 6.07) is 20.9. The van der Waals surface area contributed by atoms with Crippen LogP contribution in [0.2, 0.25) is 0 Å². The number of rotatable bonds is 7. The highest BCUT2D eigenvalue weighted by Crippen LogP contribution is 2.22. The van der Waals surface area contributed by atoms with Crippen LogP contribution in [0.4, 0.5) is 5.69 Å². The minimum atomic E-state index is -0.879. The molecule has 0 heterocycles. The molecule has 0 bridgehead atoms. The zero-order valence-electron chi connectivity index (χ0n) is 15.7. The molecule has 3 aromatic carbocycles. The van der Waals surface area contributed by atoms with Crippen molar-refractivity contribution >= 4 is 40.1 Å². The average molecular weight is 395 g/mol. The number of carbonyl (C=O) groups excluding carboxylic acids is 2. The van der Waals surface area contributed by atoms with Gasteiger partial charge in [0.25, 0.3) is 5.91 Å². The van der Waals surface area contributed by atoms with Crippen LogP contribution >= 0.6 is 11.8 Å². The van der Waals surface area contributed by atoms with Crippen LogP contribution in [0.15, 0.2) is 71.6 Å². The van der Waals surface area contributed by atoms with Gasteiger partial charge in [0.15, 0.2) is 6.10 Å². The standard InChI is InChI=1S/C22H21NO4S/c1-15(27-21(24)14-28-20-11-9-19(26-2)10-12-20)22(25)23-18-8-7-16-5-3-4-6-17(16)13-18/h3-13,15H,14H2,1-2H3,(H,23,25)/t15-/m0/s1. The molecule has 0 radical (unpaired) electrons. The van der Waals surface area contributed by atoms with Crippen LogP contribution in [0.25, 0.3) is 10.8 Å². The SMILES string of the molecule is COc1ccc(SCC(=O)O[C@@H](C)C(=O)Nc2ccc3ccccc3c2)cc1. The number of benzene rings is 3. The van der Waals surface area contributed by atoms with Crippen molar-refractivity contribution in [2.24, 2.45) is 0 Å². The van der Waals surface area contributed by atoms with E-state index >= 15 is 0 Å². The molecule has 1 atom stereocenters. The molecular weight excluding hydrogens is 374 g/mol. The minimum Gasteiger partial charge on any atom is -0.497 e. The van der Waals surface area contributed by atoms with Crippen molar-refractivity contribution in [1.29, 1.82) is 0 Å². The van der Waals surface area contributed by atoms with Gasteiger partial charge < -0.3 is 14.8 Å². The Morgan fingerprint density at radius 2 is 1.71 bits per heavy atom. The third-order valence-corrected chi connectivity index (χ3v) is 5.10. The second kappa shape index (κ2) is 9.28. The van der Waals surface area contributed by atoms with E-state index in [2.05, 4.69) is 5.32 Å². The van der Waals surface area contributed by atoms with E-state index in [-0.39, 0.29) is 11.7 Å². The van der Waals surface area contributed by atoms with E-state index in [0.717, 1.165) is 21.4 Å². The molecule has 28 heavy (non-hydrogen) atoms. The molecule has 0 saturated carbocycles. The van der Waals surface area contributed by atoms with Gasteiger partial charge in [-0.2, -0.15) is 0 Å². The maximum absolute atomic E-state index is 12.3. The lowest BCUT2D eigenvalue weighted by Crippen LogP contribution is -2.30. The van der Waals surface area contributed by atoms with Crippen molar-refractivity contribution in [1.82, 2.24) is 0 Å². The van der Waals surface area contributed by atoms with Crippen LogP contribution in [0, 0.1) is 0 Å². The number of carbonyl (C=O) groups is 2. The number of ether oxygens (including phenoxy) is 2. The molecule has 6 heteroatoms. The quantitative estimate of drug-likeness (QED) is 0.471. The summed E-state index contributed by atoms with van der Waals surface area (Å²) < 4.78 is 10.3. The minimum absolute atomic E-state index is 0.125. The zero-order chi connectivity index (χ0) is 19.9. The second-order valence-electron chi connectivity index (χ2n) is 6.15. The summed E-state index contributed by atoms with van der Waals surface area (Å²) in [5.41, 5.74) is 0.666. The number of anilines is 1. The molecule has 0 aliphatic heterocycles. The van der Waals surface area contributed by atoms with Crippen LogP contribution < -0.4 is 10.1 Å². The number of fused-ring (bicyclic) bond motifs is 1. The fraction of sp³-hybridized carbons (Fsp3) is 0.182. The van der Waals surface area contributed by atoms with Crippen LogP contribution in [-0.2, 0) is 14.3 Å². The highest BCUT2D eigenvalue weighted by molar-refractivity contribution is 8.00. The third-order valence-electron chi connectivity index (χ3n) is 4.11. The Morgan fingerprint density at radius 3 is 2.43 bits per heavy atom. The number of esters is 1. The molecule has 0 aliphatic rings. The number of methoxy groups -OCH3 is 1. The fourth-order valence-corrected chi connectivity index (χ4v) is 3.29. The Kier molecular flexibility index (Phi) is 6.55. The van der Waals surface area contributed by atoms with Gasteiger partial charge in [-0.25, -0.2) is 0 Å². The van der Waals surface area contributed by atoms with Gasteiger partial charge >= 0.3 is 5.97 Å². The topological polar surface area (TPSA) is 64.6 Å². The normalized spacial score (nSPS) is 11.6. The number of hydrogen-bond acceptors (Lipinski definition) is 5. The molecule has 5 nitrogen and oxygen atoms in total. The highest BCUT2D eigenvalue weighted by Gasteiger charge is 2.18. The van der Waals surface area contributed by atoms with Crippen LogP contribution in [0.5, 0.6) is 5.75 Å². The average Bonchev–Trinajstić information content (AvgIpc) is 2.72. The lowest BCUT2D eigenvalue weighted by molar-refractivity contribution is -0.150. The van der Waals surface area contributed by atoms with Gasteiger partial charge in [0.05, 0.1) is 12.9 Å². The molecule has 0 aliphatic carbocycles. The van der Waals surface area contributed by atoms with Gasteiger partial charge in [-0.05, 0) is 54.1 Å². The van der Waals surface area contributed by atoms with Crippen molar-refractivity contribution in [3.05, 3.63) is 66.7 Å². The summed E-state index contributed by atoms with van der Waals surface area (Å²) in [6.45, 7) is 1.56. The van der Waals surface area contributed by atoms with Gasteiger partial charge in [-0.3, -0.25) is 9.59 Å². The van der Waals surface area contributed by atoms with E-state index in [4.69, 9.17) is 9.47 Å². The lowest BCUT2D eigenvalue weighted by atomic mass is 10.1. The lowest BCUT2D eigenvalue weighted by Gasteiger charge is -2.14. The molecule has 0 aromatic heterocycles.